The normalized spacial score (nSPS) is 11.2. The van der Waals surface area contributed by atoms with Gasteiger partial charge in [-0.25, -0.2) is 9.78 Å². The summed E-state index contributed by atoms with van der Waals surface area (Å²) in [4.78, 5) is 16.5. The molecule has 0 fully saturated rings. The van der Waals surface area contributed by atoms with E-state index >= 15 is 0 Å². The highest BCUT2D eigenvalue weighted by Gasteiger charge is 2.10. The van der Waals surface area contributed by atoms with E-state index in [-0.39, 0.29) is 12.2 Å². The Kier molecular flexibility index (Phi) is 7.38. The summed E-state index contributed by atoms with van der Waals surface area (Å²) >= 11 is 0. The van der Waals surface area contributed by atoms with Gasteiger partial charge in [-0.2, -0.15) is 0 Å². The van der Waals surface area contributed by atoms with E-state index < -0.39 is 0 Å². The van der Waals surface area contributed by atoms with E-state index in [1.54, 1.807) is 42.0 Å². The van der Waals surface area contributed by atoms with Gasteiger partial charge in [0.25, 0.3) is 0 Å². The first-order valence-electron chi connectivity index (χ1n) is 5.51. The smallest absolute Gasteiger partial charge is 0.334 e. The number of carbonyl (C=O) groups is 1. The molecule has 100 valence electrons. The second-order valence-corrected chi connectivity index (χ2v) is 3.94. The van der Waals surface area contributed by atoms with Crippen molar-refractivity contribution >= 4 is 12.2 Å². The molecule has 0 bridgehead atoms. The Hall–Kier alpha value is -1.88. The summed E-state index contributed by atoms with van der Waals surface area (Å²) in [5.74, 6) is -0.341. The van der Waals surface area contributed by atoms with Crippen LogP contribution in [0, 0.1) is 0 Å². The largest absolute Gasteiger partial charge is 0.443 e. The number of esters is 1. The minimum Gasteiger partial charge on any atom is -0.443 e. The minimum absolute atomic E-state index is 0.195. The summed E-state index contributed by atoms with van der Waals surface area (Å²) in [6.45, 7) is 10.4. The second kappa shape index (κ2) is 8.25. The lowest BCUT2D eigenvalue weighted by atomic mass is 10.4. The molecule has 0 spiro atoms. The van der Waals surface area contributed by atoms with E-state index in [2.05, 4.69) is 18.1 Å². The number of rotatable bonds is 4. The first kappa shape index (κ1) is 16.1. The highest BCUT2D eigenvalue weighted by molar-refractivity contribution is 5.87. The number of aromatic nitrogens is 2. The van der Waals surface area contributed by atoms with Gasteiger partial charge in [0.1, 0.15) is 0 Å². The van der Waals surface area contributed by atoms with Crippen LogP contribution in [0.3, 0.4) is 0 Å². The average Bonchev–Trinajstić information content (AvgIpc) is 2.82. The van der Waals surface area contributed by atoms with Gasteiger partial charge in [-0.05, 0) is 27.9 Å². The molecule has 0 aliphatic carbocycles. The summed E-state index contributed by atoms with van der Waals surface area (Å²) in [5, 5.41) is 0. The molecule has 5 heteroatoms. The maximum atomic E-state index is 10.9. The number of nitrogens with zero attached hydrogens (tertiary/aromatic N) is 3. The van der Waals surface area contributed by atoms with E-state index in [4.69, 9.17) is 4.74 Å². The Morgan fingerprint density at radius 1 is 1.56 bits per heavy atom. The third-order valence-corrected chi connectivity index (χ3v) is 2.09. The molecular formula is C13H21N3O2. The molecule has 0 aliphatic rings. The van der Waals surface area contributed by atoms with Crippen molar-refractivity contribution < 1.29 is 9.53 Å². The van der Waals surface area contributed by atoms with Crippen molar-refractivity contribution in [2.24, 2.45) is 0 Å². The van der Waals surface area contributed by atoms with Crippen molar-refractivity contribution in [2.45, 2.75) is 20.1 Å². The number of hydrogen-bond donors (Lipinski definition) is 0. The molecule has 0 saturated carbocycles. The highest BCUT2D eigenvalue weighted by Crippen LogP contribution is 1.99. The minimum atomic E-state index is -0.341. The van der Waals surface area contributed by atoms with E-state index in [1.165, 1.54) is 0 Å². The van der Waals surface area contributed by atoms with Crippen LogP contribution < -0.4 is 0 Å². The Labute approximate surface area is 108 Å². The van der Waals surface area contributed by atoms with Gasteiger partial charge in [-0.3, -0.25) is 4.90 Å². The van der Waals surface area contributed by atoms with Gasteiger partial charge in [0.15, 0.2) is 6.23 Å². The molecular weight excluding hydrogens is 230 g/mol. The first-order valence-corrected chi connectivity index (χ1v) is 5.51. The lowest BCUT2D eigenvalue weighted by molar-refractivity contribution is -0.150. The SMILES string of the molecule is C=C(C)C(=O)OC(C)N(C)C.C=Cn1ccnc1. The predicted octanol–water partition coefficient (Wildman–Crippen LogP) is 2.00. The van der Waals surface area contributed by atoms with Crippen LogP contribution in [-0.4, -0.2) is 40.7 Å². The van der Waals surface area contributed by atoms with Gasteiger partial charge in [-0.15, -0.1) is 0 Å². The molecule has 1 atom stereocenters. The van der Waals surface area contributed by atoms with Crippen LogP contribution in [-0.2, 0) is 9.53 Å². The fraction of sp³-hybridized carbons (Fsp3) is 0.385. The van der Waals surface area contributed by atoms with Gasteiger partial charge in [0, 0.05) is 24.2 Å². The van der Waals surface area contributed by atoms with Crippen LogP contribution in [0.2, 0.25) is 0 Å². The van der Waals surface area contributed by atoms with Gasteiger partial charge in [0.2, 0.25) is 0 Å². The molecule has 1 rings (SSSR count). The molecule has 1 aromatic rings. The van der Waals surface area contributed by atoms with Crippen molar-refractivity contribution in [1.82, 2.24) is 14.5 Å². The van der Waals surface area contributed by atoms with Crippen molar-refractivity contribution in [3.63, 3.8) is 0 Å². The van der Waals surface area contributed by atoms with Gasteiger partial charge in [0.05, 0.1) is 6.33 Å². The van der Waals surface area contributed by atoms with E-state index in [9.17, 15) is 4.79 Å². The number of carbonyl (C=O) groups excluding carboxylic acids is 1. The maximum Gasteiger partial charge on any atom is 0.334 e. The molecule has 1 aromatic heterocycles. The number of imidazole rings is 1. The summed E-state index contributed by atoms with van der Waals surface area (Å²) in [6, 6.07) is 0. The summed E-state index contributed by atoms with van der Waals surface area (Å²) in [6.07, 6.45) is 6.72. The van der Waals surface area contributed by atoms with Gasteiger partial charge in [-0.1, -0.05) is 13.2 Å². The lowest BCUT2D eigenvalue weighted by Gasteiger charge is -2.19. The third-order valence-electron chi connectivity index (χ3n) is 2.09. The van der Waals surface area contributed by atoms with Crippen LogP contribution in [0.15, 0.2) is 37.5 Å². The van der Waals surface area contributed by atoms with Crippen LogP contribution in [0.25, 0.3) is 6.20 Å². The molecule has 0 radical (unpaired) electrons. The fourth-order valence-corrected chi connectivity index (χ4v) is 0.738. The van der Waals surface area contributed by atoms with Crippen molar-refractivity contribution in [3.05, 3.63) is 37.5 Å². The van der Waals surface area contributed by atoms with Crippen molar-refractivity contribution in [3.8, 4) is 0 Å². The average molecular weight is 251 g/mol. The van der Waals surface area contributed by atoms with Crippen LogP contribution in [0.5, 0.6) is 0 Å². The zero-order chi connectivity index (χ0) is 14.1. The summed E-state index contributed by atoms with van der Waals surface area (Å²) in [5.41, 5.74) is 0.429. The molecule has 0 aromatic carbocycles. The third kappa shape index (κ3) is 6.65. The molecule has 0 N–H and O–H groups in total. The first-order chi connectivity index (χ1) is 8.38. The molecule has 18 heavy (non-hydrogen) atoms. The summed E-state index contributed by atoms with van der Waals surface area (Å²) < 4.78 is 6.74. The topological polar surface area (TPSA) is 47.4 Å². The quantitative estimate of drug-likeness (QED) is 0.466. The number of hydrogen-bond acceptors (Lipinski definition) is 4. The maximum absolute atomic E-state index is 10.9. The lowest BCUT2D eigenvalue weighted by Crippen LogP contribution is -2.30. The van der Waals surface area contributed by atoms with Crippen molar-refractivity contribution in [1.29, 1.82) is 0 Å². The Morgan fingerprint density at radius 2 is 2.17 bits per heavy atom. The highest BCUT2D eigenvalue weighted by atomic mass is 16.6. The monoisotopic (exact) mass is 251 g/mol. The molecule has 1 unspecified atom stereocenters. The number of ether oxygens (including phenoxy) is 1. The van der Waals surface area contributed by atoms with Gasteiger partial charge >= 0.3 is 5.97 Å². The van der Waals surface area contributed by atoms with E-state index in [1.807, 2.05) is 20.3 Å². The van der Waals surface area contributed by atoms with E-state index in [0.717, 1.165) is 0 Å². The molecule has 1 heterocycles. The second-order valence-electron chi connectivity index (χ2n) is 3.94. The molecule has 0 amide bonds. The van der Waals surface area contributed by atoms with E-state index in [0.29, 0.717) is 5.57 Å². The standard InChI is InChI=1S/C8H15NO2.C5H6N2/c1-6(2)8(10)11-7(3)9(4)5;1-2-7-4-3-6-5-7/h7H,1H2,2-5H3;2-5H,1H2. The zero-order valence-corrected chi connectivity index (χ0v) is 11.5. The van der Waals surface area contributed by atoms with Gasteiger partial charge < -0.3 is 9.30 Å². The Balaban J connectivity index is 0.000000351. The van der Waals surface area contributed by atoms with Crippen molar-refractivity contribution in [2.75, 3.05) is 14.1 Å². The zero-order valence-electron chi connectivity index (χ0n) is 11.5. The molecule has 0 saturated heterocycles. The van der Waals surface area contributed by atoms with Crippen LogP contribution in [0.4, 0.5) is 0 Å². The summed E-state index contributed by atoms with van der Waals surface area (Å²) in [7, 11) is 3.69. The molecule has 0 aliphatic heterocycles. The fourth-order valence-electron chi connectivity index (χ4n) is 0.738. The van der Waals surface area contributed by atoms with Crippen LogP contribution in [0.1, 0.15) is 13.8 Å². The predicted molar refractivity (Wildman–Crippen MR) is 72.7 cm³/mol. The molecule has 5 nitrogen and oxygen atoms in total. The van der Waals surface area contributed by atoms with Crippen LogP contribution >= 0.6 is 0 Å². The Bertz CT molecular complexity index is 383. The Morgan fingerprint density at radius 3 is 2.44 bits per heavy atom.